The van der Waals surface area contributed by atoms with Gasteiger partial charge < -0.3 is 9.80 Å². The maximum atomic E-state index is 13.1. The molecule has 1 amide bonds. The number of benzene rings is 1. The van der Waals surface area contributed by atoms with Crippen LogP contribution >= 0.6 is 0 Å². The van der Waals surface area contributed by atoms with Gasteiger partial charge >= 0.3 is 0 Å². The zero-order chi connectivity index (χ0) is 19.7. The number of nitrogens with zero attached hydrogens (tertiary/aromatic N) is 3. The van der Waals surface area contributed by atoms with Crippen molar-refractivity contribution in [2.75, 3.05) is 33.2 Å². The molecule has 1 aromatic carbocycles. The molecule has 4 nitrogen and oxygen atoms in total. The molecule has 3 heterocycles. The third-order valence-corrected chi connectivity index (χ3v) is 6.76. The van der Waals surface area contributed by atoms with Crippen LogP contribution in [0.3, 0.4) is 0 Å². The van der Waals surface area contributed by atoms with Crippen LogP contribution in [-0.2, 0) is 4.79 Å². The molecule has 150 valence electrons. The summed E-state index contributed by atoms with van der Waals surface area (Å²) in [6, 6.07) is 8.67. The Morgan fingerprint density at radius 2 is 1.96 bits per heavy atom. The van der Waals surface area contributed by atoms with Gasteiger partial charge in [-0.15, -0.1) is 0 Å². The van der Waals surface area contributed by atoms with Crippen LogP contribution < -0.4 is 0 Å². The Hall–Kier alpha value is -1.94. The van der Waals surface area contributed by atoms with Gasteiger partial charge in [0, 0.05) is 37.0 Å². The predicted molar refractivity (Wildman–Crippen MR) is 114 cm³/mol. The molecular formula is C24H33N3O. The van der Waals surface area contributed by atoms with E-state index in [1.807, 2.05) is 12.3 Å². The Morgan fingerprint density at radius 1 is 1.18 bits per heavy atom. The number of rotatable bonds is 3. The quantitative estimate of drug-likeness (QED) is 0.801. The summed E-state index contributed by atoms with van der Waals surface area (Å²) >= 11 is 0. The smallest absolute Gasteiger partial charge is 0.222 e. The second-order valence-electron chi connectivity index (χ2n) is 9.16. The van der Waals surface area contributed by atoms with E-state index in [1.54, 1.807) is 0 Å². The average Bonchev–Trinajstić information content (AvgIpc) is 2.70. The maximum Gasteiger partial charge on any atom is 0.222 e. The standard InChI is InChI=1S/C24H33N3O/c1-17-13-20(21-7-6-18(2)24-22(21)5-4-10-25-24)16-27(15-17)23(28)14-19-8-11-26(3)12-9-19/h4-7,10,17,19-20H,8-9,11-16H2,1-3H3/t17-,20-/m0/s1. The lowest BCUT2D eigenvalue weighted by Crippen LogP contribution is -2.43. The van der Waals surface area contributed by atoms with E-state index in [9.17, 15) is 4.79 Å². The Balaban J connectivity index is 1.51. The van der Waals surface area contributed by atoms with Crippen LogP contribution in [0.25, 0.3) is 10.9 Å². The summed E-state index contributed by atoms with van der Waals surface area (Å²) in [6.07, 6.45) is 6.06. The van der Waals surface area contributed by atoms with E-state index in [2.05, 4.69) is 53.9 Å². The summed E-state index contributed by atoms with van der Waals surface area (Å²) in [5.41, 5.74) is 3.68. The summed E-state index contributed by atoms with van der Waals surface area (Å²) in [7, 11) is 2.18. The minimum atomic E-state index is 0.362. The van der Waals surface area contributed by atoms with Crippen LogP contribution in [0.2, 0.25) is 0 Å². The van der Waals surface area contributed by atoms with Gasteiger partial charge in [-0.3, -0.25) is 9.78 Å². The van der Waals surface area contributed by atoms with Crippen LogP contribution in [0.15, 0.2) is 30.5 Å². The van der Waals surface area contributed by atoms with Crippen molar-refractivity contribution in [2.24, 2.45) is 11.8 Å². The first kappa shape index (κ1) is 19.4. The van der Waals surface area contributed by atoms with E-state index < -0.39 is 0 Å². The summed E-state index contributed by atoms with van der Waals surface area (Å²) < 4.78 is 0. The van der Waals surface area contributed by atoms with Gasteiger partial charge in [0.15, 0.2) is 0 Å². The Bertz CT molecular complexity index is 841. The molecular weight excluding hydrogens is 346 g/mol. The third kappa shape index (κ3) is 4.07. The van der Waals surface area contributed by atoms with Crippen molar-refractivity contribution in [3.63, 3.8) is 0 Å². The van der Waals surface area contributed by atoms with Gasteiger partial charge in [-0.2, -0.15) is 0 Å². The first-order valence-electron chi connectivity index (χ1n) is 10.8. The fraction of sp³-hybridized carbons (Fsp3) is 0.583. The number of carbonyl (C=O) groups excluding carboxylic acids is 1. The van der Waals surface area contributed by atoms with E-state index in [0.717, 1.165) is 57.4 Å². The predicted octanol–water partition coefficient (Wildman–Crippen LogP) is 4.23. The van der Waals surface area contributed by atoms with Gasteiger partial charge in [0.2, 0.25) is 5.91 Å². The molecule has 4 rings (SSSR count). The summed E-state index contributed by atoms with van der Waals surface area (Å²) in [5, 5.41) is 1.25. The molecule has 28 heavy (non-hydrogen) atoms. The number of carbonyl (C=O) groups is 1. The molecule has 0 radical (unpaired) electrons. The minimum absolute atomic E-state index is 0.362. The van der Waals surface area contributed by atoms with E-state index in [4.69, 9.17) is 0 Å². The monoisotopic (exact) mass is 379 g/mol. The van der Waals surface area contributed by atoms with E-state index in [-0.39, 0.29) is 0 Å². The number of likely N-dealkylation sites (tertiary alicyclic amines) is 2. The van der Waals surface area contributed by atoms with Crippen molar-refractivity contribution >= 4 is 16.8 Å². The second kappa shape index (κ2) is 8.20. The first-order valence-corrected chi connectivity index (χ1v) is 10.8. The average molecular weight is 380 g/mol. The molecule has 2 atom stereocenters. The summed E-state index contributed by atoms with van der Waals surface area (Å²) in [6.45, 7) is 8.42. The molecule has 2 aliphatic rings. The molecule has 2 fully saturated rings. The molecule has 2 saturated heterocycles. The number of fused-ring (bicyclic) bond motifs is 1. The van der Waals surface area contributed by atoms with Crippen molar-refractivity contribution in [3.8, 4) is 0 Å². The maximum absolute atomic E-state index is 13.1. The summed E-state index contributed by atoms with van der Waals surface area (Å²) in [4.78, 5) is 22.2. The fourth-order valence-corrected chi connectivity index (χ4v) is 5.11. The normalized spacial score (nSPS) is 24.6. The van der Waals surface area contributed by atoms with Gasteiger partial charge in [0.1, 0.15) is 0 Å². The van der Waals surface area contributed by atoms with Crippen molar-refractivity contribution < 1.29 is 4.79 Å². The lowest BCUT2D eigenvalue weighted by Gasteiger charge is -2.38. The first-order chi connectivity index (χ1) is 13.5. The van der Waals surface area contributed by atoms with Crippen LogP contribution in [0.5, 0.6) is 0 Å². The highest BCUT2D eigenvalue weighted by molar-refractivity contribution is 5.85. The third-order valence-electron chi connectivity index (χ3n) is 6.76. The highest BCUT2D eigenvalue weighted by Gasteiger charge is 2.31. The number of piperidine rings is 2. The van der Waals surface area contributed by atoms with E-state index in [0.29, 0.717) is 23.7 Å². The highest BCUT2D eigenvalue weighted by atomic mass is 16.2. The lowest BCUT2D eigenvalue weighted by molar-refractivity contribution is -0.134. The van der Waals surface area contributed by atoms with Crippen LogP contribution in [0.4, 0.5) is 0 Å². The largest absolute Gasteiger partial charge is 0.342 e. The van der Waals surface area contributed by atoms with Crippen LogP contribution in [-0.4, -0.2) is 53.9 Å². The molecule has 4 heteroatoms. The topological polar surface area (TPSA) is 36.4 Å². The number of hydrogen-bond acceptors (Lipinski definition) is 3. The molecule has 0 bridgehead atoms. The number of aryl methyl sites for hydroxylation is 1. The molecule has 0 N–H and O–H groups in total. The summed E-state index contributed by atoms with van der Waals surface area (Å²) in [5.74, 6) is 1.86. The van der Waals surface area contributed by atoms with Gasteiger partial charge in [-0.05, 0) is 75.4 Å². The van der Waals surface area contributed by atoms with Crippen molar-refractivity contribution in [2.45, 2.75) is 45.4 Å². The zero-order valence-electron chi connectivity index (χ0n) is 17.5. The molecule has 2 aromatic rings. The van der Waals surface area contributed by atoms with Gasteiger partial charge in [-0.1, -0.05) is 25.1 Å². The molecule has 0 aliphatic carbocycles. The molecule has 0 saturated carbocycles. The molecule has 0 spiro atoms. The van der Waals surface area contributed by atoms with E-state index >= 15 is 0 Å². The molecule has 0 unspecified atom stereocenters. The van der Waals surface area contributed by atoms with Gasteiger partial charge in [0.05, 0.1) is 5.52 Å². The lowest BCUT2D eigenvalue weighted by atomic mass is 9.83. The second-order valence-corrected chi connectivity index (χ2v) is 9.16. The zero-order valence-corrected chi connectivity index (χ0v) is 17.5. The Kier molecular flexibility index (Phi) is 5.68. The van der Waals surface area contributed by atoms with Crippen molar-refractivity contribution in [1.82, 2.24) is 14.8 Å². The number of hydrogen-bond donors (Lipinski definition) is 0. The van der Waals surface area contributed by atoms with Crippen molar-refractivity contribution in [1.29, 1.82) is 0 Å². The number of amides is 1. The van der Waals surface area contributed by atoms with Gasteiger partial charge in [-0.25, -0.2) is 0 Å². The Labute approximate surface area is 168 Å². The SMILES string of the molecule is Cc1ccc([C@H]2C[C@H](C)CN(C(=O)CC3CCN(C)CC3)C2)c2cccnc12. The molecule has 2 aliphatic heterocycles. The fourth-order valence-electron chi connectivity index (χ4n) is 5.11. The minimum Gasteiger partial charge on any atom is -0.342 e. The highest BCUT2D eigenvalue weighted by Crippen LogP contribution is 2.35. The van der Waals surface area contributed by atoms with Gasteiger partial charge in [0.25, 0.3) is 0 Å². The Morgan fingerprint density at radius 3 is 2.75 bits per heavy atom. The molecule has 1 aromatic heterocycles. The van der Waals surface area contributed by atoms with Crippen molar-refractivity contribution in [3.05, 3.63) is 41.6 Å². The number of pyridine rings is 1. The van der Waals surface area contributed by atoms with E-state index in [1.165, 1.54) is 16.5 Å². The van der Waals surface area contributed by atoms with Crippen LogP contribution in [0, 0.1) is 18.8 Å². The van der Waals surface area contributed by atoms with Crippen LogP contribution in [0.1, 0.15) is 49.7 Å². The number of aromatic nitrogens is 1.